The summed E-state index contributed by atoms with van der Waals surface area (Å²) in [6.07, 6.45) is 2.26. The Morgan fingerprint density at radius 2 is 1.97 bits per heavy atom. The average molecular weight is 434 g/mol. The van der Waals surface area contributed by atoms with Crippen LogP contribution in [0.15, 0.2) is 47.6 Å². The molecule has 2 rings (SSSR count). The van der Waals surface area contributed by atoms with Crippen molar-refractivity contribution in [3.05, 3.63) is 64.4 Å². The fraction of sp³-hybridized carbons (Fsp3) is 0.318. The van der Waals surface area contributed by atoms with Gasteiger partial charge in [-0.1, -0.05) is 44.5 Å². The Balaban J connectivity index is 2.08. The lowest BCUT2D eigenvalue weighted by molar-refractivity contribution is -0.123. The van der Waals surface area contributed by atoms with Crippen LogP contribution >= 0.6 is 11.6 Å². The molecule has 0 saturated heterocycles. The van der Waals surface area contributed by atoms with Gasteiger partial charge in [-0.15, -0.1) is 0 Å². The van der Waals surface area contributed by atoms with Crippen molar-refractivity contribution in [3.8, 4) is 5.75 Å². The number of benzene rings is 2. The van der Waals surface area contributed by atoms with Crippen LogP contribution in [-0.2, 0) is 4.79 Å². The number of rotatable bonds is 9. The lowest BCUT2D eigenvalue weighted by atomic mass is 10.0. The summed E-state index contributed by atoms with van der Waals surface area (Å²) in [4.78, 5) is 24.9. The molecule has 1 atom stereocenters. The zero-order valence-corrected chi connectivity index (χ0v) is 17.9. The highest BCUT2D eigenvalue weighted by molar-refractivity contribution is 6.30. The number of carbonyl (C=O) groups excluding carboxylic acids is 2. The molecule has 0 bridgehead atoms. The van der Waals surface area contributed by atoms with Crippen molar-refractivity contribution in [2.75, 3.05) is 6.61 Å². The molecule has 30 heavy (non-hydrogen) atoms. The summed E-state index contributed by atoms with van der Waals surface area (Å²) in [5, 5.41) is 7.03. The predicted octanol–water partition coefficient (Wildman–Crippen LogP) is 4.17. The monoisotopic (exact) mass is 433 g/mol. The lowest BCUT2D eigenvalue weighted by Crippen LogP contribution is -2.48. The summed E-state index contributed by atoms with van der Waals surface area (Å²) in [5.74, 6) is -1.51. The van der Waals surface area contributed by atoms with Gasteiger partial charge in [0.25, 0.3) is 11.8 Å². The molecule has 0 aliphatic rings. The Morgan fingerprint density at radius 3 is 2.63 bits per heavy atom. The minimum absolute atomic E-state index is 0.129. The Morgan fingerprint density at radius 1 is 1.23 bits per heavy atom. The van der Waals surface area contributed by atoms with E-state index in [2.05, 4.69) is 15.8 Å². The Kier molecular flexibility index (Phi) is 8.80. The zero-order valence-electron chi connectivity index (χ0n) is 17.1. The van der Waals surface area contributed by atoms with Gasteiger partial charge in [0.1, 0.15) is 17.6 Å². The van der Waals surface area contributed by atoms with E-state index in [1.807, 2.05) is 6.92 Å². The fourth-order valence-electron chi connectivity index (χ4n) is 2.60. The summed E-state index contributed by atoms with van der Waals surface area (Å²) in [6.45, 7) is 6.06. The first-order chi connectivity index (χ1) is 14.3. The van der Waals surface area contributed by atoms with Crippen molar-refractivity contribution in [1.82, 2.24) is 10.7 Å². The molecule has 2 amide bonds. The molecule has 1 unspecified atom stereocenters. The molecule has 8 heteroatoms. The van der Waals surface area contributed by atoms with Crippen LogP contribution < -0.4 is 15.5 Å². The molecule has 0 spiro atoms. The number of halogens is 2. The van der Waals surface area contributed by atoms with E-state index >= 15 is 0 Å². The maximum Gasteiger partial charge on any atom is 0.262 e. The van der Waals surface area contributed by atoms with Crippen LogP contribution in [0.25, 0.3) is 0 Å². The van der Waals surface area contributed by atoms with Crippen LogP contribution in [0.3, 0.4) is 0 Å². The molecule has 0 heterocycles. The van der Waals surface area contributed by atoms with E-state index in [-0.39, 0.29) is 11.5 Å². The van der Waals surface area contributed by atoms with E-state index in [1.165, 1.54) is 24.4 Å². The van der Waals surface area contributed by atoms with Gasteiger partial charge in [0.2, 0.25) is 0 Å². The Bertz CT molecular complexity index is 918. The number of hydrazone groups is 1. The van der Waals surface area contributed by atoms with Crippen LogP contribution in [0.4, 0.5) is 4.39 Å². The topological polar surface area (TPSA) is 79.8 Å². The normalized spacial score (nSPS) is 12.1. The molecule has 6 nitrogen and oxygen atoms in total. The quantitative estimate of drug-likeness (QED) is 0.460. The highest BCUT2D eigenvalue weighted by Crippen LogP contribution is 2.21. The average Bonchev–Trinajstić information content (AvgIpc) is 2.71. The second kappa shape index (κ2) is 11.3. The molecule has 0 fully saturated rings. The number of hydrogen-bond donors (Lipinski definition) is 2. The highest BCUT2D eigenvalue weighted by atomic mass is 35.5. The van der Waals surface area contributed by atoms with E-state index in [0.717, 1.165) is 6.42 Å². The smallest absolute Gasteiger partial charge is 0.262 e. The molecule has 2 aromatic carbocycles. The summed E-state index contributed by atoms with van der Waals surface area (Å²) in [5.41, 5.74) is 2.89. The molecule has 2 N–H and O–H groups in total. The standard InChI is InChI=1S/C22H25ClFN3O3/c1-4-11-30-19-10-9-16(23)12-15(19)13-25-27-22(29)20(14(2)3)26-21(28)17-7-5-6-8-18(17)24/h5-10,12-14,20H,4,11H2,1-3H3,(H,26,28)(H,27,29)/b25-13+. The fourth-order valence-corrected chi connectivity index (χ4v) is 2.78. The van der Waals surface area contributed by atoms with Crippen LogP contribution in [0, 0.1) is 11.7 Å². The van der Waals surface area contributed by atoms with Crippen molar-refractivity contribution in [2.45, 2.75) is 33.2 Å². The van der Waals surface area contributed by atoms with Gasteiger partial charge in [-0.2, -0.15) is 5.10 Å². The number of hydrogen-bond acceptors (Lipinski definition) is 4. The van der Waals surface area contributed by atoms with Crippen molar-refractivity contribution >= 4 is 29.6 Å². The van der Waals surface area contributed by atoms with Gasteiger partial charge in [-0.25, -0.2) is 9.82 Å². The van der Waals surface area contributed by atoms with Crippen LogP contribution in [0.5, 0.6) is 5.75 Å². The molecule has 0 radical (unpaired) electrons. The minimum Gasteiger partial charge on any atom is -0.493 e. The maximum absolute atomic E-state index is 13.8. The molecule has 0 aromatic heterocycles. The number of amides is 2. The zero-order chi connectivity index (χ0) is 22.1. The summed E-state index contributed by atoms with van der Waals surface area (Å²) < 4.78 is 19.5. The first kappa shape index (κ1) is 23.3. The van der Waals surface area contributed by atoms with E-state index < -0.39 is 23.7 Å². The summed E-state index contributed by atoms with van der Waals surface area (Å²) in [6, 6.07) is 9.79. The maximum atomic E-state index is 13.8. The van der Waals surface area contributed by atoms with Crippen molar-refractivity contribution < 1.29 is 18.7 Å². The van der Waals surface area contributed by atoms with Crippen LogP contribution in [-0.4, -0.2) is 30.7 Å². The second-order valence-electron chi connectivity index (χ2n) is 6.94. The van der Waals surface area contributed by atoms with Crippen LogP contribution in [0.1, 0.15) is 43.1 Å². The SMILES string of the molecule is CCCOc1ccc(Cl)cc1/C=N/NC(=O)C(NC(=O)c1ccccc1F)C(C)C. The number of carbonyl (C=O) groups is 2. The molecular weight excluding hydrogens is 409 g/mol. The lowest BCUT2D eigenvalue weighted by Gasteiger charge is -2.20. The van der Waals surface area contributed by atoms with Gasteiger partial charge in [0, 0.05) is 10.6 Å². The first-order valence-electron chi connectivity index (χ1n) is 9.64. The minimum atomic E-state index is -0.899. The first-order valence-corrected chi connectivity index (χ1v) is 10.0. The van der Waals surface area contributed by atoms with E-state index in [4.69, 9.17) is 16.3 Å². The van der Waals surface area contributed by atoms with Gasteiger partial charge >= 0.3 is 0 Å². The highest BCUT2D eigenvalue weighted by Gasteiger charge is 2.25. The summed E-state index contributed by atoms with van der Waals surface area (Å²) in [7, 11) is 0. The predicted molar refractivity (Wildman–Crippen MR) is 115 cm³/mol. The molecule has 0 aliphatic heterocycles. The summed E-state index contributed by atoms with van der Waals surface area (Å²) >= 11 is 6.03. The van der Waals surface area contributed by atoms with E-state index in [9.17, 15) is 14.0 Å². The van der Waals surface area contributed by atoms with Gasteiger partial charge in [0.05, 0.1) is 18.4 Å². The molecule has 2 aromatic rings. The largest absolute Gasteiger partial charge is 0.493 e. The molecule has 0 aliphatic carbocycles. The third-order valence-corrected chi connectivity index (χ3v) is 4.40. The van der Waals surface area contributed by atoms with E-state index in [1.54, 1.807) is 38.1 Å². The van der Waals surface area contributed by atoms with Crippen molar-refractivity contribution in [1.29, 1.82) is 0 Å². The molecule has 160 valence electrons. The molecule has 0 saturated carbocycles. The second-order valence-corrected chi connectivity index (χ2v) is 7.38. The van der Waals surface area contributed by atoms with Gasteiger partial charge in [0.15, 0.2) is 0 Å². The Hall–Kier alpha value is -2.93. The number of nitrogens with one attached hydrogen (secondary N) is 2. The number of nitrogens with zero attached hydrogens (tertiary/aromatic N) is 1. The van der Waals surface area contributed by atoms with Gasteiger partial charge in [-0.3, -0.25) is 9.59 Å². The van der Waals surface area contributed by atoms with Crippen molar-refractivity contribution in [3.63, 3.8) is 0 Å². The molecular formula is C22H25ClFN3O3. The van der Waals surface area contributed by atoms with Gasteiger partial charge < -0.3 is 10.1 Å². The van der Waals surface area contributed by atoms with Crippen molar-refractivity contribution in [2.24, 2.45) is 11.0 Å². The third-order valence-electron chi connectivity index (χ3n) is 4.17. The van der Waals surface area contributed by atoms with Crippen LogP contribution in [0.2, 0.25) is 5.02 Å². The third kappa shape index (κ3) is 6.56. The van der Waals surface area contributed by atoms with E-state index in [0.29, 0.717) is 22.9 Å². The van der Waals surface area contributed by atoms with Gasteiger partial charge in [-0.05, 0) is 42.7 Å². The Labute approximate surface area is 180 Å². The number of ether oxygens (including phenoxy) is 1.